The van der Waals surface area contributed by atoms with Crippen molar-refractivity contribution >= 4 is 29.3 Å². The predicted octanol–water partition coefficient (Wildman–Crippen LogP) is 1.85. The molecule has 0 bridgehead atoms. The van der Waals surface area contributed by atoms with Crippen LogP contribution >= 0.6 is 0 Å². The number of nitrogens with two attached hydrogens (primary N) is 1. The summed E-state index contributed by atoms with van der Waals surface area (Å²) in [5.74, 6) is -1.28. The van der Waals surface area contributed by atoms with Gasteiger partial charge < -0.3 is 25.2 Å². The third kappa shape index (κ3) is 5.53. The third-order valence-corrected chi connectivity index (χ3v) is 5.39. The van der Waals surface area contributed by atoms with E-state index in [2.05, 4.69) is 4.90 Å². The first kappa shape index (κ1) is 24.3. The molecule has 1 aliphatic heterocycles. The minimum absolute atomic E-state index is 0.0708. The minimum atomic E-state index is -0.968. The molecule has 0 unspecified atom stereocenters. The van der Waals surface area contributed by atoms with E-state index in [1.807, 2.05) is 23.5 Å². The maximum absolute atomic E-state index is 15.3. The van der Waals surface area contributed by atoms with Crippen LogP contribution in [0.1, 0.15) is 21.5 Å². The van der Waals surface area contributed by atoms with Crippen LogP contribution in [0.5, 0.6) is 0 Å². The molecular weight excluding hydrogens is 441 g/mol. The van der Waals surface area contributed by atoms with Crippen LogP contribution in [-0.2, 0) is 11.3 Å². The first-order valence-electron chi connectivity index (χ1n) is 10.5. The Kier molecular flexibility index (Phi) is 7.53. The Bertz CT molecular complexity index is 1120. The van der Waals surface area contributed by atoms with Crippen LogP contribution in [0, 0.1) is 22.6 Å². The average Bonchev–Trinajstić information content (AvgIpc) is 2.82. The number of rotatable bonds is 5. The van der Waals surface area contributed by atoms with Crippen LogP contribution in [0.15, 0.2) is 36.4 Å². The number of hydrogen-bond acceptors (Lipinski definition) is 7. The average molecular weight is 468 g/mol. The lowest BCUT2D eigenvalue weighted by molar-refractivity contribution is 0.0827. The summed E-state index contributed by atoms with van der Waals surface area (Å²) < 4.78 is 20.2. The van der Waals surface area contributed by atoms with Gasteiger partial charge in [0.15, 0.2) is 11.8 Å². The normalized spacial score (nSPS) is 13.1. The molecule has 4 N–H and O–H groups in total. The van der Waals surface area contributed by atoms with Crippen molar-refractivity contribution in [2.75, 3.05) is 50.1 Å². The second-order valence-electron chi connectivity index (χ2n) is 7.88. The van der Waals surface area contributed by atoms with E-state index < -0.39 is 17.9 Å². The van der Waals surface area contributed by atoms with Crippen molar-refractivity contribution in [3.05, 3.63) is 58.9 Å². The highest BCUT2D eigenvalue weighted by molar-refractivity contribution is 5.94. The molecule has 1 fully saturated rings. The summed E-state index contributed by atoms with van der Waals surface area (Å²) >= 11 is 0. The van der Waals surface area contributed by atoms with Crippen molar-refractivity contribution in [2.24, 2.45) is 5.73 Å². The summed E-state index contributed by atoms with van der Waals surface area (Å²) in [4.78, 5) is 29.1. The molecule has 34 heavy (non-hydrogen) atoms. The number of amides is 2. The number of carbonyl (C=O) groups excluding carboxylic acids is 2. The van der Waals surface area contributed by atoms with Gasteiger partial charge in [-0.3, -0.25) is 15.5 Å². The first-order chi connectivity index (χ1) is 16.2. The van der Waals surface area contributed by atoms with Crippen molar-refractivity contribution in [2.45, 2.75) is 6.61 Å². The van der Waals surface area contributed by atoms with Gasteiger partial charge in [-0.05, 0) is 30.3 Å². The lowest BCUT2D eigenvalue weighted by atomic mass is 10.1. The summed E-state index contributed by atoms with van der Waals surface area (Å²) in [6, 6.07) is 12.2. The summed E-state index contributed by atoms with van der Waals surface area (Å²) in [6.45, 7) is 1.75. The maximum atomic E-state index is 15.3. The molecule has 3 rings (SSSR count). The number of halogens is 1. The summed E-state index contributed by atoms with van der Waals surface area (Å²) in [7, 11) is 3.40. The van der Waals surface area contributed by atoms with Gasteiger partial charge in [0.25, 0.3) is 5.91 Å². The highest BCUT2D eigenvalue weighted by Crippen LogP contribution is 2.29. The number of nitrogens with one attached hydrogen (secondary N) is 2. The van der Waals surface area contributed by atoms with Crippen molar-refractivity contribution in [1.82, 2.24) is 10.2 Å². The fraction of sp³-hybridized carbons (Fsp3) is 0.304. The van der Waals surface area contributed by atoms with Gasteiger partial charge in [-0.25, -0.2) is 9.18 Å². The number of nitriles is 1. The quantitative estimate of drug-likeness (QED) is 0.450. The number of guanidine groups is 1. The monoisotopic (exact) mass is 467 g/mol. The molecule has 0 atom stereocenters. The van der Waals surface area contributed by atoms with Gasteiger partial charge in [0, 0.05) is 57.1 Å². The zero-order valence-electron chi connectivity index (χ0n) is 19.0. The summed E-state index contributed by atoms with van der Waals surface area (Å²) in [6.07, 6.45) is -0.968. The molecule has 1 aliphatic rings. The minimum Gasteiger partial charge on any atom is -0.444 e. The molecule has 0 saturated carbocycles. The molecular formula is C23H26FN7O3. The van der Waals surface area contributed by atoms with E-state index in [1.54, 1.807) is 31.1 Å². The second kappa shape index (κ2) is 10.5. The van der Waals surface area contributed by atoms with Crippen LogP contribution < -0.4 is 20.9 Å². The number of benzene rings is 2. The fourth-order valence-electron chi connectivity index (χ4n) is 3.67. The lowest BCUT2D eigenvalue weighted by Gasteiger charge is -2.38. The topological polar surface area (TPSA) is 139 Å². The highest BCUT2D eigenvalue weighted by atomic mass is 19.1. The number of hydrogen-bond donors (Lipinski definition) is 3. The van der Waals surface area contributed by atoms with Crippen molar-refractivity contribution in [3.8, 4) is 6.07 Å². The molecule has 0 aromatic heterocycles. The van der Waals surface area contributed by atoms with E-state index in [4.69, 9.17) is 15.9 Å². The second-order valence-corrected chi connectivity index (χ2v) is 7.88. The van der Waals surface area contributed by atoms with E-state index in [9.17, 15) is 14.9 Å². The summed E-state index contributed by atoms with van der Waals surface area (Å²) in [5, 5.41) is 18.5. The molecule has 0 spiro atoms. The fourth-order valence-corrected chi connectivity index (χ4v) is 3.67. The van der Waals surface area contributed by atoms with E-state index in [-0.39, 0.29) is 29.3 Å². The van der Waals surface area contributed by atoms with Crippen LogP contribution in [-0.4, -0.2) is 63.1 Å². The molecule has 11 heteroatoms. The predicted molar refractivity (Wildman–Crippen MR) is 125 cm³/mol. The van der Waals surface area contributed by atoms with Gasteiger partial charge in [-0.2, -0.15) is 5.26 Å². The SMILES string of the molecule is CN(C)C(=O)c1ccc(N2CCN(c3c(C#N)ccc(COC(=O)NC(=N)N)c3F)CC2)cc1. The summed E-state index contributed by atoms with van der Waals surface area (Å²) in [5.41, 5.74) is 7.09. The Labute approximate surface area is 196 Å². The number of carbonyl (C=O) groups is 2. The number of anilines is 2. The number of alkyl carbamates (subject to hydrolysis) is 1. The molecule has 1 saturated heterocycles. The van der Waals surface area contributed by atoms with E-state index in [0.29, 0.717) is 31.7 Å². The number of piperazine rings is 1. The molecule has 0 radical (unpaired) electrons. The highest BCUT2D eigenvalue weighted by Gasteiger charge is 2.24. The zero-order chi connectivity index (χ0) is 24.8. The van der Waals surface area contributed by atoms with Crippen LogP contribution in [0.3, 0.4) is 0 Å². The number of ether oxygens (including phenoxy) is 1. The Hall–Kier alpha value is -4.33. The maximum Gasteiger partial charge on any atom is 0.414 e. The van der Waals surface area contributed by atoms with Crippen LogP contribution in [0.25, 0.3) is 0 Å². The van der Waals surface area contributed by atoms with E-state index >= 15 is 4.39 Å². The molecule has 10 nitrogen and oxygen atoms in total. The largest absolute Gasteiger partial charge is 0.444 e. The van der Waals surface area contributed by atoms with Gasteiger partial charge in [0.1, 0.15) is 12.7 Å². The first-order valence-corrected chi connectivity index (χ1v) is 10.5. The van der Waals surface area contributed by atoms with Crippen molar-refractivity contribution in [1.29, 1.82) is 10.7 Å². The van der Waals surface area contributed by atoms with Crippen molar-refractivity contribution < 1.29 is 18.7 Å². The molecule has 0 aliphatic carbocycles. The lowest BCUT2D eigenvalue weighted by Crippen LogP contribution is -2.47. The van der Waals surface area contributed by atoms with Gasteiger partial charge in [-0.15, -0.1) is 0 Å². The molecule has 2 aromatic rings. The van der Waals surface area contributed by atoms with Crippen LogP contribution in [0.2, 0.25) is 0 Å². The number of nitrogens with zero attached hydrogens (tertiary/aromatic N) is 4. The van der Waals surface area contributed by atoms with Gasteiger partial charge in [0.2, 0.25) is 0 Å². The molecule has 2 amide bonds. The molecule has 1 heterocycles. The zero-order valence-corrected chi connectivity index (χ0v) is 19.0. The van der Waals surface area contributed by atoms with Crippen molar-refractivity contribution in [3.63, 3.8) is 0 Å². The Morgan fingerprint density at radius 3 is 2.32 bits per heavy atom. The van der Waals surface area contributed by atoms with E-state index in [1.165, 1.54) is 17.0 Å². The van der Waals surface area contributed by atoms with Gasteiger partial charge >= 0.3 is 6.09 Å². The Balaban J connectivity index is 1.70. The smallest absolute Gasteiger partial charge is 0.414 e. The van der Waals surface area contributed by atoms with Gasteiger partial charge in [-0.1, -0.05) is 6.07 Å². The van der Waals surface area contributed by atoms with Gasteiger partial charge in [0.05, 0.1) is 11.3 Å². The standard InChI is InChI=1S/C23H26FN7O3/c1-29(2)21(32)15-5-7-18(8-6-15)30-9-11-31(12-10-30)20-16(13-25)3-4-17(19(20)24)14-34-23(33)28-22(26)27/h3-8H,9-12,14H2,1-2H3,(H4,26,27,28,33). The van der Waals surface area contributed by atoms with Crippen LogP contribution in [0.4, 0.5) is 20.6 Å². The Morgan fingerprint density at radius 2 is 1.76 bits per heavy atom. The van der Waals surface area contributed by atoms with E-state index in [0.717, 1.165) is 5.69 Å². The molecule has 178 valence electrons. The Morgan fingerprint density at radius 1 is 1.15 bits per heavy atom. The molecule has 2 aromatic carbocycles. The third-order valence-electron chi connectivity index (χ3n) is 5.39.